The molecule has 112 valence electrons. The van der Waals surface area contributed by atoms with E-state index in [1.807, 2.05) is 6.92 Å². The van der Waals surface area contributed by atoms with Crippen LogP contribution in [0.2, 0.25) is 0 Å². The molecular weight excluding hydrogens is 282 g/mol. The van der Waals surface area contributed by atoms with Crippen LogP contribution in [-0.4, -0.2) is 50.2 Å². The predicted octanol–water partition coefficient (Wildman–Crippen LogP) is -0.422. The topological polar surface area (TPSA) is 113 Å². The average Bonchev–Trinajstić information content (AvgIpc) is 2.37. The number of sulfonamides is 1. The van der Waals surface area contributed by atoms with E-state index in [-0.39, 0.29) is 18.1 Å². The molecule has 0 saturated carbocycles. The summed E-state index contributed by atoms with van der Waals surface area (Å²) >= 11 is 0. The Hall–Kier alpha value is -1.74. The van der Waals surface area contributed by atoms with Crippen LogP contribution < -0.4 is 15.4 Å². The van der Waals surface area contributed by atoms with Gasteiger partial charge in [0.15, 0.2) is 0 Å². The number of nitrogens with one attached hydrogen (secondary N) is 3. The number of hydrogen-bond donors (Lipinski definition) is 3. The van der Waals surface area contributed by atoms with Gasteiger partial charge >= 0.3 is 0 Å². The Morgan fingerprint density at radius 2 is 2.05 bits per heavy atom. The maximum Gasteiger partial charge on any atom is 0.271 e. The molecule has 1 rings (SSSR count). The maximum absolute atomic E-state index is 11.8. The monoisotopic (exact) mass is 301 g/mol. The molecule has 0 aliphatic rings. The van der Waals surface area contributed by atoms with Crippen LogP contribution in [0.3, 0.4) is 0 Å². The van der Waals surface area contributed by atoms with E-state index in [0.29, 0.717) is 25.3 Å². The lowest BCUT2D eigenvalue weighted by atomic mass is 10.4. The lowest BCUT2D eigenvalue weighted by molar-refractivity contribution is 0.0948. The van der Waals surface area contributed by atoms with Gasteiger partial charge in [0.05, 0.1) is 18.6 Å². The molecule has 0 fully saturated rings. The number of nitrogens with zero attached hydrogens (tertiary/aromatic N) is 2. The first kappa shape index (κ1) is 16.3. The fraction of sp³-hybridized carbons (Fsp3) is 0.545. The molecule has 1 heterocycles. The van der Waals surface area contributed by atoms with E-state index in [2.05, 4.69) is 25.3 Å². The smallest absolute Gasteiger partial charge is 0.271 e. The molecule has 1 aromatic rings. The Morgan fingerprint density at radius 3 is 2.70 bits per heavy atom. The Bertz CT molecular complexity index is 547. The van der Waals surface area contributed by atoms with Gasteiger partial charge in [-0.3, -0.25) is 9.78 Å². The molecule has 3 N–H and O–H groups in total. The quantitative estimate of drug-likeness (QED) is 0.562. The highest BCUT2D eigenvalue weighted by Crippen LogP contribution is 2.01. The Kier molecular flexibility index (Phi) is 6.32. The van der Waals surface area contributed by atoms with E-state index in [9.17, 15) is 13.2 Å². The van der Waals surface area contributed by atoms with Gasteiger partial charge in [0.1, 0.15) is 11.5 Å². The van der Waals surface area contributed by atoms with E-state index in [0.717, 1.165) is 6.26 Å². The van der Waals surface area contributed by atoms with Gasteiger partial charge in [-0.2, -0.15) is 0 Å². The molecule has 1 aromatic heterocycles. The zero-order valence-electron chi connectivity index (χ0n) is 11.5. The Labute approximate surface area is 118 Å². The summed E-state index contributed by atoms with van der Waals surface area (Å²) < 4.78 is 24.0. The van der Waals surface area contributed by atoms with Crippen LogP contribution in [0.15, 0.2) is 12.4 Å². The first-order valence-electron chi connectivity index (χ1n) is 6.21. The minimum Gasteiger partial charge on any atom is -0.369 e. The normalized spacial score (nSPS) is 11.1. The standard InChI is InChI=1S/C11H19N5O3S/c1-3-13-10-8-12-7-9(16-10)11(17)14-5-4-6-15-20(2,18)19/h7-8,15H,3-6H2,1-2H3,(H,13,16)(H,14,17). The van der Waals surface area contributed by atoms with Crippen LogP contribution >= 0.6 is 0 Å². The van der Waals surface area contributed by atoms with E-state index in [1.54, 1.807) is 0 Å². The van der Waals surface area contributed by atoms with Crippen molar-refractivity contribution in [2.45, 2.75) is 13.3 Å². The molecule has 1 amide bonds. The fourth-order valence-electron chi connectivity index (χ4n) is 1.38. The highest BCUT2D eigenvalue weighted by molar-refractivity contribution is 7.88. The predicted molar refractivity (Wildman–Crippen MR) is 76.0 cm³/mol. The number of anilines is 1. The Balaban J connectivity index is 2.37. The van der Waals surface area contributed by atoms with Gasteiger partial charge in [0.25, 0.3) is 5.91 Å². The van der Waals surface area contributed by atoms with Crippen LogP contribution in [0, 0.1) is 0 Å². The van der Waals surface area contributed by atoms with Gasteiger partial charge in [-0.05, 0) is 13.3 Å². The molecule has 0 saturated heterocycles. The van der Waals surface area contributed by atoms with Crippen molar-refractivity contribution in [1.29, 1.82) is 0 Å². The van der Waals surface area contributed by atoms with E-state index < -0.39 is 10.0 Å². The van der Waals surface area contributed by atoms with Crippen molar-refractivity contribution < 1.29 is 13.2 Å². The molecule has 9 heteroatoms. The lowest BCUT2D eigenvalue weighted by Gasteiger charge is -2.06. The van der Waals surface area contributed by atoms with Crippen molar-refractivity contribution in [2.75, 3.05) is 31.2 Å². The van der Waals surface area contributed by atoms with Crippen molar-refractivity contribution >= 4 is 21.7 Å². The highest BCUT2D eigenvalue weighted by atomic mass is 32.2. The van der Waals surface area contributed by atoms with Gasteiger partial charge in [0.2, 0.25) is 10.0 Å². The number of carbonyl (C=O) groups excluding carboxylic acids is 1. The van der Waals surface area contributed by atoms with Crippen LogP contribution in [-0.2, 0) is 10.0 Å². The molecule has 8 nitrogen and oxygen atoms in total. The number of aromatic nitrogens is 2. The molecule has 0 aliphatic heterocycles. The first-order chi connectivity index (χ1) is 9.42. The summed E-state index contributed by atoms with van der Waals surface area (Å²) in [6, 6.07) is 0. The van der Waals surface area contributed by atoms with Crippen LogP contribution in [0.4, 0.5) is 5.82 Å². The zero-order chi connectivity index (χ0) is 15.0. The second-order valence-electron chi connectivity index (χ2n) is 4.10. The molecular formula is C11H19N5O3S. The third kappa shape index (κ3) is 6.43. The fourth-order valence-corrected chi connectivity index (χ4v) is 1.90. The van der Waals surface area contributed by atoms with Crippen molar-refractivity contribution in [3.05, 3.63) is 18.1 Å². The van der Waals surface area contributed by atoms with Crippen molar-refractivity contribution in [3.63, 3.8) is 0 Å². The largest absolute Gasteiger partial charge is 0.369 e. The molecule has 0 aromatic carbocycles. The number of carbonyl (C=O) groups is 1. The molecule has 0 spiro atoms. The minimum atomic E-state index is -3.18. The molecule has 0 unspecified atom stereocenters. The summed E-state index contributed by atoms with van der Waals surface area (Å²) in [4.78, 5) is 19.8. The number of hydrogen-bond acceptors (Lipinski definition) is 6. The minimum absolute atomic E-state index is 0.222. The molecule has 20 heavy (non-hydrogen) atoms. The van der Waals surface area contributed by atoms with E-state index in [4.69, 9.17) is 0 Å². The second kappa shape index (κ2) is 7.75. The highest BCUT2D eigenvalue weighted by Gasteiger charge is 2.08. The SMILES string of the molecule is CCNc1cncc(C(=O)NCCCNS(C)(=O)=O)n1. The Morgan fingerprint density at radius 1 is 1.30 bits per heavy atom. The zero-order valence-corrected chi connectivity index (χ0v) is 12.3. The first-order valence-corrected chi connectivity index (χ1v) is 8.10. The average molecular weight is 301 g/mol. The summed E-state index contributed by atoms with van der Waals surface area (Å²) in [6.07, 6.45) is 4.51. The third-order valence-corrected chi connectivity index (χ3v) is 2.96. The van der Waals surface area contributed by atoms with Crippen molar-refractivity contribution in [2.24, 2.45) is 0 Å². The van der Waals surface area contributed by atoms with Crippen LogP contribution in [0.5, 0.6) is 0 Å². The summed E-state index contributed by atoms with van der Waals surface area (Å²) in [7, 11) is -3.18. The second-order valence-corrected chi connectivity index (χ2v) is 5.93. The third-order valence-electron chi connectivity index (χ3n) is 2.23. The number of rotatable bonds is 8. The van der Waals surface area contributed by atoms with Crippen LogP contribution in [0.25, 0.3) is 0 Å². The molecule has 0 atom stereocenters. The van der Waals surface area contributed by atoms with Gasteiger partial charge in [-0.25, -0.2) is 18.1 Å². The number of amides is 1. The van der Waals surface area contributed by atoms with Gasteiger partial charge in [-0.1, -0.05) is 0 Å². The van der Waals surface area contributed by atoms with Gasteiger partial charge in [0, 0.05) is 19.6 Å². The molecule has 0 radical (unpaired) electrons. The molecule has 0 bridgehead atoms. The molecule has 0 aliphatic carbocycles. The summed E-state index contributed by atoms with van der Waals surface area (Å²) in [5.41, 5.74) is 0.222. The lowest BCUT2D eigenvalue weighted by Crippen LogP contribution is -2.30. The van der Waals surface area contributed by atoms with Gasteiger partial charge < -0.3 is 10.6 Å². The van der Waals surface area contributed by atoms with E-state index in [1.165, 1.54) is 12.4 Å². The maximum atomic E-state index is 11.8. The van der Waals surface area contributed by atoms with Crippen molar-refractivity contribution in [1.82, 2.24) is 20.0 Å². The van der Waals surface area contributed by atoms with Crippen LogP contribution in [0.1, 0.15) is 23.8 Å². The summed E-state index contributed by atoms with van der Waals surface area (Å²) in [6.45, 7) is 3.25. The van der Waals surface area contributed by atoms with Crippen molar-refractivity contribution in [3.8, 4) is 0 Å². The van der Waals surface area contributed by atoms with Gasteiger partial charge in [-0.15, -0.1) is 0 Å². The van der Waals surface area contributed by atoms with E-state index >= 15 is 0 Å². The summed E-state index contributed by atoms with van der Waals surface area (Å²) in [5, 5.41) is 5.62. The summed E-state index contributed by atoms with van der Waals surface area (Å²) in [5.74, 6) is 0.204.